The molecule has 1 saturated heterocycles. The Bertz CT molecular complexity index is 1720. The third-order valence-electron chi connectivity index (χ3n) is 7.31. The fraction of sp³-hybridized carbons (Fsp3) is 0.286. The van der Waals surface area contributed by atoms with Gasteiger partial charge in [0.25, 0.3) is 11.8 Å². The minimum atomic E-state index is -3.95. The third-order valence-corrected chi connectivity index (χ3v) is 10.1. The molecular weight excluding hydrogens is 548 g/mol. The number of aromatic nitrogens is 3. The Morgan fingerprint density at radius 1 is 1.12 bits per heavy atom. The summed E-state index contributed by atoms with van der Waals surface area (Å²) in [5.74, 6) is -0.916. The van der Waals surface area contributed by atoms with E-state index in [0.717, 1.165) is 24.3 Å². The normalized spacial score (nSPS) is 15.9. The summed E-state index contributed by atoms with van der Waals surface area (Å²) in [6.45, 7) is 5.40. The number of carbonyl (C=O) groups excluding carboxylic acids is 2. The molecule has 4 aromatic rings. The first-order valence-electron chi connectivity index (χ1n) is 13.1. The summed E-state index contributed by atoms with van der Waals surface area (Å²) in [5, 5.41) is 10.7. The lowest BCUT2D eigenvalue weighted by Crippen LogP contribution is -2.37. The lowest BCUT2D eigenvalue weighted by Gasteiger charge is -2.30. The van der Waals surface area contributed by atoms with Gasteiger partial charge < -0.3 is 15.5 Å². The first kappa shape index (κ1) is 26.4. The highest BCUT2D eigenvalue weighted by Gasteiger charge is 2.33. The van der Waals surface area contributed by atoms with Crippen LogP contribution in [0.25, 0.3) is 5.13 Å². The molecule has 12 heteroatoms. The van der Waals surface area contributed by atoms with Crippen molar-refractivity contribution < 1.29 is 18.0 Å². The average molecular weight is 577 g/mol. The molecule has 2 N–H and O–H groups in total. The fourth-order valence-electron chi connectivity index (χ4n) is 4.95. The second kappa shape index (κ2) is 10.6. The highest BCUT2D eigenvalue weighted by Crippen LogP contribution is 2.36. The number of hydrogen-bond acceptors (Lipinski definition) is 8. The minimum absolute atomic E-state index is 0.0360. The van der Waals surface area contributed by atoms with Crippen molar-refractivity contribution in [2.24, 2.45) is 0 Å². The van der Waals surface area contributed by atoms with E-state index in [1.807, 2.05) is 12.4 Å². The number of amides is 2. The van der Waals surface area contributed by atoms with Crippen molar-refractivity contribution in [2.45, 2.75) is 42.5 Å². The molecule has 0 bridgehead atoms. The molecule has 1 fully saturated rings. The van der Waals surface area contributed by atoms with E-state index in [-0.39, 0.29) is 39.1 Å². The smallest absolute Gasteiger partial charge is 0.257 e. The topological polar surface area (TPSA) is 126 Å². The lowest BCUT2D eigenvalue weighted by atomic mass is 10.1. The molecule has 4 heterocycles. The Morgan fingerprint density at radius 2 is 1.95 bits per heavy atom. The van der Waals surface area contributed by atoms with Gasteiger partial charge in [-0.3, -0.25) is 9.59 Å². The number of carbonyl (C=O) groups is 2. The third kappa shape index (κ3) is 4.93. The maximum atomic E-state index is 13.3. The van der Waals surface area contributed by atoms with Crippen LogP contribution < -0.4 is 10.6 Å². The second-order valence-electron chi connectivity index (χ2n) is 9.95. The number of hydrogen-bond donors (Lipinski definition) is 2. The Morgan fingerprint density at radius 3 is 2.75 bits per heavy atom. The van der Waals surface area contributed by atoms with Crippen LogP contribution in [0.3, 0.4) is 0 Å². The van der Waals surface area contributed by atoms with E-state index in [1.54, 1.807) is 29.9 Å². The zero-order valence-corrected chi connectivity index (χ0v) is 23.5. The van der Waals surface area contributed by atoms with Crippen molar-refractivity contribution in [3.8, 4) is 5.13 Å². The molecule has 0 unspecified atom stereocenters. The molecule has 0 saturated carbocycles. The second-order valence-corrected chi connectivity index (χ2v) is 12.9. The molecule has 2 aliphatic heterocycles. The van der Waals surface area contributed by atoms with E-state index in [0.29, 0.717) is 10.7 Å². The molecule has 2 aliphatic rings. The monoisotopic (exact) mass is 576 g/mol. The van der Waals surface area contributed by atoms with E-state index in [9.17, 15) is 18.0 Å². The number of anilines is 1. The van der Waals surface area contributed by atoms with Crippen LogP contribution in [0.2, 0.25) is 0 Å². The van der Waals surface area contributed by atoms with Crippen molar-refractivity contribution in [3.05, 3.63) is 82.1 Å². The van der Waals surface area contributed by atoms with Gasteiger partial charge in [-0.15, -0.1) is 0 Å². The molecule has 2 aromatic heterocycles. The number of nitrogens with zero attached hydrogens (tertiary/aromatic N) is 4. The first-order valence-corrected chi connectivity index (χ1v) is 15.4. The van der Waals surface area contributed by atoms with Crippen LogP contribution in [0.15, 0.2) is 64.8 Å². The van der Waals surface area contributed by atoms with Crippen molar-refractivity contribution >= 4 is 38.7 Å². The number of sulfone groups is 1. The Labute approximate surface area is 236 Å². The number of aryl methyl sites for hydroxylation is 1. The number of rotatable bonds is 8. The van der Waals surface area contributed by atoms with Crippen molar-refractivity contribution in [1.29, 1.82) is 0 Å². The zero-order valence-electron chi connectivity index (χ0n) is 21.9. The number of thiazole rings is 1. The van der Waals surface area contributed by atoms with Gasteiger partial charge in [0.1, 0.15) is 0 Å². The van der Waals surface area contributed by atoms with Crippen LogP contribution in [-0.2, 0) is 22.8 Å². The van der Waals surface area contributed by atoms with Gasteiger partial charge in [-0.1, -0.05) is 23.5 Å². The summed E-state index contributed by atoms with van der Waals surface area (Å²) in [6.07, 6.45) is 8.95. The SMILES string of the molecule is Cc1c(C(=O)NCc2cnc(-n3cc(CCCN4CCC4)cn3)s2)ccc2c1NC(=O)c1ccccc1S2(=O)=O. The van der Waals surface area contributed by atoms with E-state index in [2.05, 4.69) is 25.6 Å². The molecule has 6 rings (SSSR count). The highest BCUT2D eigenvalue weighted by atomic mass is 32.2. The quantitative estimate of drug-likeness (QED) is 0.328. The Balaban J connectivity index is 1.13. The van der Waals surface area contributed by atoms with Gasteiger partial charge in [0.15, 0.2) is 0 Å². The maximum Gasteiger partial charge on any atom is 0.257 e. The summed E-state index contributed by atoms with van der Waals surface area (Å²) in [4.78, 5) is 33.6. The van der Waals surface area contributed by atoms with Crippen molar-refractivity contribution in [3.63, 3.8) is 0 Å². The van der Waals surface area contributed by atoms with E-state index in [1.165, 1.54) is 60.7 Å². The molecular formula is C28H28N6O4S2. The van der Waals surface area contributed by atoms with Gasteiger partial charge in [0, 0.05) is 22.8 Å². The van der Waals surface area contributed by atoms with Crippen molar-refractivity contribution in [1.82, 2.24) is 25.0 Å². The summed E-state index contributed by atoms with van der Waals surface area (Å²) in [7, 11) is -3.95. The molecule has 0 aliphatic carbocycles. The highest BCUT2D eigenvalue weighted by molar-refractivity contribution is 7.91. The lowest BCUT2D eigenvalue weighted by molar-refractivity contribution is 0.0949. The number of nitrogens with one attached hydrogen (secondary N) is 2. The van der Waals surface area contributed by atoms with Gasteiger partial charge in [-0.05, 0) is 81.2 Å². The number of fused-ring (bicyclic) bond motifs is 2. The van der Waals surface area contributed by atoms with Gasteiger partial charge in [0.05, 0.1) is 33.8 Å². The molecule has 10 nitrogen and oxygen atoms in total. The number of benzene rings is 2. The van der Waals surface area contributed by atoms with E-state index in [4.69, 9.17) is 0 Å². The van der Waals surface area contributed by atoms with Gasteiger partial charge in [-0.25, -0.2) is 18.1 Å². The fourth-order valence-corrected chi connectivity index (χ4v) is 7.40. The van der Waals surface area contributed by atoms with E-state index < -0.39 is 15.7 Å². The summed E-state index contributed by atoms with van der Waals surface area (Å²) < 4.78 is 28.4. The largest absolute Gasteiger partial charge is 0.347 e. The minimum Gasteiger partial charge on any atom is -0.347 e. The molecule has 0 atom stereocenters. The molecule has 2 aromatic carbocycles. The van der Waals surface area contributed by atoms with Gasteiger partial charge in [-0.2, -0.15) is 5.10 Å². The molecule has 0 spiro atoms. The Hall–Kier alpha value is -3.87. The predicted molar refractivity (Wildman–Crippen MR) is 151 cm³/mol. The van der Waals surface area contributed by atoms with Crippen LogP contribution in [0, 0.1) is 6.92 Å². The van der Waals surface area contributed by atoms with Crippen LogP contribution in [0.5, 0.6) is 0 Å². The van der Waals surface area contributed by atoms with Gasteiger partial charge in [0.2, 0.25) is 15.0 Å². The average Bonchev–Trinajstić information content (AvgIpc) is 3.57. The summed E-state index contributed by atoms with van der Waals surface area (Å²) in [6, 6.07) is 8.93. The number of likely N-dealkylation sites (tertiary alicyclic amines) is 1. The molecule has 2 amide bonds. The zero-order chi connectivity index (χ0) is 27.9. The molecule has 40 heavy (non-hydrogen) atoms. The van der Waals surface area contributed by atoms with Crippen LogP contribution in [0.4, 0.5) is 5.69 Å². The van der Waals surface area contributed by atoms with Crippen LogP contribution in [-0.4, -0.2) is 59.5 Å². The predicted octanol–water partition coefficient (Wildman–Crippen LogP) is 3.60. The summed E-state index contributed by atoms with van der Waals surface area (Å²) >= 11 is 1.43. The van der Waals surface area contributed by atoms with Gasteiger partial charge >= 0.3 is 0 Å². The molecule has 206 valence electrons. The maximum absolute atomic E-state index is 13.3. The van der Waals surface area contributed by atoms with E-state index >= 15 is 0 Å². The molecule has 0 radical (unpaired) electrons. The van der Waals surface area contributed by atoms with Crippen molar-refractivity contribution in [2.75, 3.05) is 25.0 Å². The Kier molecular flexibility index (Phi) is 6.99. The summed E-state index contributed by atoms with van der Waals surface area (Å²) in [5.41, 5.74) is 2.01. The first-order chi connectivity index (χ1) is 19.3. The van der Waals surface area contributed by atoms with Crippen LogP contribution >= 0.6 is 11.3 Å². The standard InChI is InChI=1S/C28H28N6O4S2/c1-18-21(9-10-24-25(18)32-27(36)22-7-2-3-8-23(22)40(24,37)38)26(35)29-15-20-16-30-28(39-20)34-17-19(14-31-34)6-4-11-33-12-5-13-33/h2-3,7-10,14,16-17H,4-6,11-13,15H2,1H3,(H,29,35)(H,32,36). The van der Waals surface area contributed by atoms with Crippen LogP contribution in [0.1, 0.15) is 49.6 Å².